The van der Waals surface area contributed by atoms with Crippen molar-refractivity contribution in [1.82, 2.24) is 19.5 Å². The number of nitrogens with two attached hydrogens (primary N) is 1. The van der Waals surface area contributed by atoms with Gasteiger partial charge in [-0.15, -0.1) is 0 Å². The van der Waals surface area contributed by atoms with Gasteiger partial charge in [0.1, 0.15) is 12.3 Å². The number of H-pyrrole nitrogens is 1. The predicted octanol–water partition coefficient (Wildman–Crippen LogP) is 6.10. The number of ether oxygens (including phenoxy) is 7. The summed E-state index contributed by atoms with van der Waals surface area (Å²) in [5, 5.41) is 2.44. The predicted molar refractivity (Wildman–Crippen MR) is 251 cm³/mol. The number of methoxy groups -OCH3 is 2. The van der Waals surface area contributed by atoms with Gasteiger partial charge in [0.15, 0.2) is 11.2 Å². The van der Waals surface area contributed by atoms with Crippen molar-refractivity contribution in [3.8, 4) is 0 Å². The van der Waals surface area contributed by atoms with E-state index in [0.717, 1.165) is 11.1 Å². The van der Waals surface area contributed by atoms with Gasteiger partial charge in [-0.1, -0.05) is 104 Å². The number of imidazole rings is 1. The van der Waals surface area contributed by atoms with Gasteiger partial charge in [0, 0.05) is 20.6 Å². The van der Waals surface area contributed by atoms with Crippen LogP contribution in [0.4, 0.5) is 5.95 Å². The molecule has 2 aromatic heterocycles. The van der Waals surface area contributed by atoms with E-state index in [1.165, 1.54) is 10.4 Å². The maximum absolute atomic E-state index is 12.8. The SMILES string of the molecule is COCCOCCOCc1ccc([Si](OC[C@H]2O[C@@H](n3cnc4c(=O)[nH]c(N)nc43)C[C@@H]2O[Si](c2ccc(COCCOCCOC)cc2)(C(C)C)C(C)C)(C(C)C)C(C)C)cc1. The number of fused-ring (bicyclic) bond motifs is 1. The van der Waals surface area contributed by atoms with Crippen LogP contribution in [0.15, 0.2) is 59.7 Å². The van der Waals surface area contributed by atoms with Crippen LogP contribution in [-0.2, 0) is 55.2 Å². The lowest BCUT2D eigenvalue weighted by Gasteiger charge is -2.43. The number of aromatic nitrogens is 4. The number of nitrogens with one attached hydrogen (secondary N) is 1. The Bertz CT molecular complexity index is 2000. The van der Waals surface area contributed by atoms with Crippen molar-refractivity contribution in [3.05, 3.63) is 76.3 Å². The molecule has 3 N–H and O–H groups in total. The largest absolute Gasteiger partial charge is 0.409 e. The summed E-state index contributed by atoms with van der Waals surface area (Å²) in [6.45, 7) is 23.8. The summed E-state index contributed by atoms with van der Waals surface area (Å²) in [5.74, 6) is 0.0180. The third-order valence-corrected chi connectivity index (χ3v) is 22.8. The molecule has 350 valence electrons. The van der Waals surface area contributed by atoms with Gasteiger partial charge in [-0.3, -0.25) is 14.3 Å². The zero-order chi connectivity index (χ0) is 45.6. The van der Waals surface area contributed by atoms with Gasteiger partial charge in [-0.2, -0.15) is 4.98 Å². The summed E-state index contributed by atoms with van der Waals surface area (Å²) in [4.78, 5) is 24.3. The fourth-order valence-electron chi connectivity index (χ4n) is 9.02. The fourth-order valence-corrected chi connectivity index (χ4v) is 18.4. The minimum atomic E-state index is -2.75. The highest BCUT2D eigenvalue weighted by Gasteiger charge is 2.51. The molecular formula is C46H73N5O10Si2. The molecule has 1 aliphatic heterocycles. The lowest BCUT2D eigenvalue weighted by atomic mass is 10.2. The van der Waals surface area contributed by atoms with Crippen LogP contribution in [0.3, 0.4) is 0 Å². The zero-order valence-corrected chi connectivity index (χ0v) is 41.2. The zero-order valence-electron chi connectivity index (χ0n) is 39.2. The number of benzene rings is 2. The van der Waals surface area contributed by atoms with Gasteiger partial charge in [0.2, 0.25) is 22.6 Å². The summed E-state index contributed by atoms with van der Waals surface area (Å²) >= 11 is 0. The van der Waals surface area contributed by atoms with Gasteiger partial charge in [-0.05, 0) is 43.7 Å². The minimum Gasteiger partial charge on any atom is -0.409 e. The molecular weight excluding hydrogens is 839 g/mol. The molecule has 17 heteroatoms. The van der Waals surface area contributed by atoms with E-state index in [4.69, 9.17) is 47.7 Å². The minimum absolute atomic E-state index is 0.0180. The highest BCUT2D eigenvalue weighted by molar-refractivity contribution is 6.89. The Morgan fingerprint density at radius 2 is 1.19 bits per heavy atom. The number of hydrogen-bond acceptors (Lipinski definition) is 13. The molecule has 0 radical (unpaired) electrons. The van der Waals surface area contributed by atoms with E-state index in [9.17, 15) is 4.79 Å². The van der Waals surface area contributed by atoms with Gasteiger partial charge < -0.3 is 47.7 Å². The summed E-state index contributed by atoms with van der Waals surface area (Å²) in [5.41, 5.74) is 9.35. The first-order valence-corrected chi connectivity index (χ1v) is 26.6. The molecule has 4 aromatic rings. The number of hydrogen-bond donors (Lipinski definition) is 2. The molecule has 1 saturated heterocycles. The van der Waals surface area contributed by atoms with Gasteiger partial charge in [-0.25, -0.2) is 4.98 Å². The molecule has 3 atom stereocenters. The van der Waals surface area contributed by atoms with Crippen molar-refractivity contribution >= 4 is 44.1 Å². The van der Waals surface area contributed by atoms with Crippen LogP contribution in [0.1, 0.15) is 79.2 Å². The van der Waals surface area contributed by atoms with Crippen molar-refractivity contribution in [1.29, 1.82) is 0 Å². The Labute approximate surface area is 375 Å². The van der Waals surface area contributed by atoms with E-state index in [0.29, 0.717) is 84.7 Å². The normalized spacial score (nSPS) is 17.4. The Morgan fingerprint density at radius 1 is 0.714 bits per heavy atom. The molecule has 15 nitrogen and oxygen atoms in total. The van der Waals surface area contributed by atoms with Gasteiger partial charge in [0.05, 0.1) is 85.1 Å². The van der Waals surface area contributed by atoms with Crippen LogP contribution in [0.25, 0.3) is 11.2 Å². The Kier molecular flexibility index (Phi) is 19.5. The van der Waals surface area contributed by atoms with E-state index in [1.807, 2.05) is 4.57 Å². The van der Waals surface area contributed by atoms with Crippen molar-refractivity contribution < 1.29 is 42.0 Å². The third kappa shape index (κ3) is 12.5. The lowest BCUT2D eigenvalue weighted by Crippen LogP contribution is -2.60. The molecule has 0 bridgehead atoms. The Balaban J connectivity index is 1.41. The first kappa shape index (κ1) is 50.7. The number of nitrogens with zero attached hydrogens (tertiary/aromatic N) is 3. The highest BCUT2D eigenvalue weighted by atomic mass is 28.4. The van der Waals surface area contributed by atoms with Crippen LogP contribution in [0, 0.1) is 0 Å². The Hall–Kier alpha value is -3.34. The quantitative estimate of drug-likeness (QED) is 0.0496. The molecule has 0 amide bonds. The van der Waals surface area contributed by atoms with Crippen LogP contribution < -0.4 is 21.7 Å². The van der Waals surface area contributed by atoms with Crippen LogP contribution >= 0.6 is 0 Å². The molecule has 0 spiro atoms. The third-order valence-electron chi connectivity index (χ3n) is 12.2. The van der Waals surface area contributed by atoms with Gasteiger partial charge >= 0.3 is 0 Å². The Morgan fingerprint density at radius 3 is 1.68 bits per heavy atom. The maximum atomic E-state index is 12.8. The number of rotatable bonds is 28. The monoisotopic (exact) mass is 911 g/mol. The summed E-state index contributed by atoms with van der Waals surface area (Å²) in [7, 11) is -2.09. The van der Waals surface area contributed by atoms with Crippen molar-refractivity contribution in [3.63, 3.8) is 0 Å². The standard InChI is InChI=1S/C46H73N5O10Si2/c1-32(2)62(33(3)4,38-15-11-36(12-16-38)28-57-25-23-55-21-19-53-9)59-30-41-40(27-42(60-41)51-31-48-43-44(51)49-46(47)50-45(43)52)61-63(34(5)6,35(7)8)39-17-13-37(14-18-39)29-58-26-24-56-22-20-54-10/h11-18,31-35,40-42H,19-30H2,1-10H3,(H3,47,49,50,52)/t40-,41+,42+/m0/s1. The topological polar surface area (TPSA) is 173 Å². The van der Waals surface area contributed by atoms with Crippen molar-refractivity contribution in [2.45, 2.75) is 116 Å². The molecule has 1 aliphatic rings. The highest BCUT2D eigenvalue weighted by Crippen LogP contribution is 2.42. The molecule has 0 aliphatic carbocycles. The average Bonchev–Trinajstić information content (AvgIpc) is 3.86. The molecule has 1 fully saturated rings. The molecule has 0 unspecified atom stereocenters. The van der Waals surface area contributed by atoms with E-state index in [2.05, 4.69) is 119 Å². The second kappa shape index (κ2) is 24.3. The summed E-state index contributed by atoms with van der Waals surface area (Å²) < 4.78 is 57.0. The van der Waals surface area contributed by atoms with Gasteiger partial charge in [0.25, 0.3) is 5.56 Å². The van der Waals surface area contributed by atoms with Crippen LogP contribution in [0.2, 0.25) is 22.2 Å². The van der Waals surface area contributed by atoms with Crippen LogP contribution in [0.5, 0.6) is 0 Å². The van der Waals surface area contributed by atoms with Crippen LogP contribution in [-0.4, -0.2) is 122 Å². The number of nitrogen functional groups attached to an aromatic ring is 1. The number of aromatic amines is 1. The van der Waals surface area contributed by atoms with E-state index < -0.39 is 34.5 Å². The lowest BCUT2D eigenvalue weighted by molar-refractivity contribution is -0.0378. The van der Waals surface area contributed by atoms with Crippen molar-refractivity contribution in [2.75, 3.05) is 79.4 Å². The second-order valence-electron chi connectivity index (χ2n) is 17.5. The first-order chi connectivity index (χ1) is 30.3. The molecule has 5 rings (SSSR count). The molecule has 0 saturated carbocycles. The molecule has 3 heterocycles. The smallest absolute Gasteiger partial charge is 0.280 e. The second-order valence-corrected chi connectivity index (χ2v) is 27.0. The van der Waals surface area contributed by atoms with E-state index in [-0.39, 0.29) is 39.7 Å². The average molecular weight is 912 g/mol. The molecule has 63 heavy (non-hydrogen) atoms. The molecule has 2 aromatic carbocycles. The fraction of sp³-hybridized carbons (Fsp3) is 0.630. The maximum Gasteiger partial charge on any atom is 0.280 e. The van der Waals surface area contributed by atoms with E-state index in [1.54, 1.807) is 20.5 Å². The number of anilines is 1. The summed E-state index contributed by atoms with van der Waals surface area (Å²) in [6.07, 6.45) is 0.821. The van der Waals surface area contributed by atoms with E-state index >= 15 is 0 Å². The van der Waals surface area contributed by atoms with Crippen molar-refractivity contribution in [2.24, 2.45) is 0 Å². The first-order valence-electron chi connectivity index (χ1n) is 22.5. The summed E-state index contributed by atoms with van der Waals surface area (Å²) in [6, 6.07) is 17.5.